The van der Waals surface area contributed by atoms with E-state index >= 15 is 0 Å². The maximum Gasteiger partial charge on any atom is 0.123 e. The lowest BCUT2D eigenvalue weighted by atomic mass is 10.1. The fourth-order valence-electron chi connectivity index (χ4n) is 2.45. The van der Waals surface area contributed by atoms with Crippen LogP contribution in [0.15, 0.2) is 42.5 Å². The Morgan fingerprint density at radius 2 is 2.14 bits per heavy atom. The van der Waals surface area contributed by atoms with Gasteiger partial charge in [0.15, 0.2) is 0 Å². The van der Waals surface area contributed by atoms with Gasteiger partial charge >= 0.3 is 0 Å². The van der Waals surface area contributed by atoms with Crippen molar-refractivity contribution in [3.05, 3.63) is 59.5 Å². The third-order valence-electron chi connectivity index (χ3n) is 3.61. The van der Waals surface area contributed by atoms with Crippen LogP contribution in [-0.2, 0) is 13.0 Å². The zero-order chi connectivity index (χ0) is 15.4. The van der Waals surface area contributed by atoms with Crippen LogP contribution >= 0.6 is 0 Å². The van der Waals surface area contributed by atoms with Gasteiger partial charge in [0.2, 0.25) is 0 Å². The number of nitrogens with zero attached hydrogens (tertiary/aromatic N) is 1. The Morgan fingerprint density at radius 3 is 2.95 bits per heavy atom. The quantitative estimate of drug-likeness (QED) is 0.688. The number of hydrogen-bond donors (Lipinski definition) is 2. The molecule has 1 heterocycles. The first-order valence-electron chi connectivity index (χ1n) is 7.22. The summed E-state index contributed by atoms with van der Waals surface area (Å²) in [5, 5.41) is 11.8. The molecule has 0 saturated heterocycles. The smallest absolute Gasteiger partial charge is 0.123 e. The molecule has 2 aromatic carbocycles. The lowest BCUT2D eigenvalue weighted by molar-refractivity contribution is 0.415. The molecule has 22 heavy (non-hydrogen) atoms. The van der Waals surface area contributed by atoms with Gasteiger partial charge in [-0.2, -0.15) is 5.10 Å². The van der Waals surface area contributed by atoms with Crippen molar-refractivity contribution in [3.8, 4) is 5.75 Å². The highest BCUT2D eigenvalue weighted by Crippen LogP contribution is 2.22. The van der Waals surface area contributed by atoms with E-state index in [0.717, 1.165) is 40.9 Å². The molecular formula is C17H18FN3O. The van der Waals surface area contributed by atoms with Gasteiger partial charge in [0.1, 0.15) is 11.6 Å². The summed E-state index contributed by atoms with van der Waals surface area (Å²) in [6, 6.07) is 12.5. The number of aromatic nitrogens is 2. The predicted octanol–water partition coefficient (Wildman–Crippen LogP) is 3.04. The van der Waals surface area contributed by atoms with Crippen LogP contribution in [0.2, 0.25) is 0 Å². The summed E-state index contributed by atoms with van der Waals surface area (Å²) >= 11 is 0. The molecule has 0 fully saturated rings. The van der Waals surface area contributed by atoms with Gasteiger partial charge in [-0.3, -0.25) is 5.10 Å². The van der Waals surface area contributed by atoms with Crippen molar-refractivity contribution >= 4 is 10.9 Å². The van der Waals surface area contributed by atoms with Gasteiger partial charge in [-0.15, -0.1) is 0 Å². The summed E-state index contributed by atoms with van der Waals surface area (Å²) in [7, 11) is 1.65. The Balaban J connectivity index is 1.59. The fourth-order valence-corrected chi connectivity index (χ4v) is 2.45. The zero-order valence-corrected chi connectivity index (χ0v) is 12.4. The summed E-state index contributed by atoms with van der Waals surface area (Å²) in [6.45, 7) is 1.41. The molecule has 1 aromatic heterocycles. The number of halogens is 1. The Bertz CT molecular complexity index is 769. The number of nitrogens with one attached hydrogen (secondary N) is 2. The van der Waals surface area contributed by atoms with E-state index in [1.54, 1.807) is 19.2 Å². The van der Waals surface area contributed by atoms with Gasteiger partial charge in [0, 0.05) is 24.9 Å². The molecule has 2 N–H and O–H groups in total. The molecule has 5 heteroatoms. The largest absolute Gasteiger partial charge is 0.497 e. The van der Waals surface area contributed by atoms with Gasteiger partial charge in [-0.1, -0.05) is 12.1 Å². The van der Waals surface area contributed by atoms with Crippen LogP contribution in [-0.4, -0.2) is 23.9 Å². The molecule has 3 aromatic rings. The lowest BCUT2D eigenvalue weighted by Crippen LogP contribution is -2.17. The van der Waals surface area contributed by atoms with Gasteiger partial charge in [-0.25, -0.2) is 4.39 Å². The number of rotatable bonds is 6. The molecule has 0 radical (unpaired) electrons. The number of benzene rings is 2. The number of hydrogen-bond acceptors (Lipinski definition) is 3. The standard InChI is InChI=1S/C17H18FN3O/c1-22-14-5-6-16-15(10-14)17(21-20-16)7-8-19-11-12-3-2-4-13(18)9-12/h2-6,9-10,19H,7-8,11H2,1H3,(H,20,21). The summed E-state index contributed by atoms with van der Waals surface area (Å²) in [5.74, 6) is 0.618. The average Bonchev–Trinajstić information content (AvgIpc) is 2.94. The molecule has 0 amide bonds. The van der Waals surface area contributed by atoms with Crippen LogP contribution in [0.3, 0.4) is 0 Å². The van der Waals surface area contributed by atoms with E-state index in [1.807, 2.05) is 24.3 Å². The van der Waals surface area contributed by atoms with Crippen molar-refractivity contribution in [2.45, 2.75) is 13.0 Å². The number of aromatic amines is 1. The monoisotopic (exact) mass is 299 g/mol. The highest BCUT2D eigenvalue weighted by molar-refractivity contribution is 5.82. The number of ether oxygens (including phenoxy) is 1. The predicted molar refractivity (Wildman–Crippen MR) is 84.5 cm³/mol. The van der Waals surface area contributed by atoms with E-state index in [0.29, 0.717) is 6.54 Å². The van der Waals surface area contributed by atoms with E-state index in [1.165, 1.54) is 6.07 Å². The van der Waals surface area contributed by atoms with Gasteiger partial charge in [-0.05, 0) is 35.9 Å². The van der Waals surface area contributed by atoms with Crippen LogP contribution in [0.25, 0.3) is 10.9 Å². The van der Waals surface area contributed by atoms with Crippen molar-refractivity contribution < 1.29 is 9.13 Å². The van der Waals surface area contributed by atoms with E-state index in [2.05, 4.69) is 15.5 Å². The zero-order valence-electron chi connectivity index (χ0n) is 12.4. The van der Waals surface area contributed by atoms with E-state index < -0.39 is 0 Å². The second-order valence-corrected chi connectivity index (χ2v) is 5.14. The van der Waals surface area contributed by atoms with Gasteiger partial charge < -0.3 is 10.1 Å². The minimum absolute atomic E-state index is 0.204. The van der Waals surface area contributed by atoms with Crippen LogP contribution in [0, 0.1) is 5.82 Å². The Kier molecular flexibility index (Phi) is 4.34. The normalized spacial score (nSPS) is 11.0. The van der Waals surface area contributed by atoms with Gasteiger partial charge in [0.25, 0.3) is 0 Å². The molecule has 0 aliphatic carbocycles. The van der Waals surface area contributed by atoms with Crippen molar-refractivity contribution in [2.24, 2.45) is 0 Å². The fraction of sp³-hybridized carbons (Fsp3) is 0.235. The number of methoxy groups -OCH3 is 1. The molecule has 0 spiro atoms. The number of fused-ring (bicyclic) bond motifs is 1. The van der Waals surface area contributed by atoms with Crippen LogP contribution in [0.4, 0.5) is 4.39 Å². The molecule has 0 aliphatic rings. The third kappa shape index (κ3) is 3.26. The second kappa shape index (κ2) is 6.58. The highest BCUT2D eigenvalue weighted by Gasteiger charge is 2.06. The van der Waals surface area contributed by atoms with Crippen molar-refractivity contribution in [2.75, 3.05) is 13.7 Å². The summed E-state index contributed by atoms with van der Waals surface area (Å²) in [4.78, 5) is 0. The van der Waals surface area contributed by atoms with Crippen molar-refractivity contribution in [1.29, 1.82) is 0 Å². The Morgan fingerprint density at radius 1 is 1.23 bits per heavy atom. The molecule has 0 aliphatic heterocycles. The topological polar surface area (TPSA) is 49.9 Å². The molecule has 3 rings (SSSR count). The van der Waals surface area contributed by atoms with E-state index in [4.69, 9.17) is 4.74 Å². The van der Waals surface area contributed by atoms with E-state index in [9.17, 15) is 4.39 Å². The van der Waals surface area contributed by atoms with Crippen LogP contribution in [0.1, 0.15) is 11.3 Å². The molecule has 0 bridgehead atoms. The molecule has 4 nitrogen and oxygen atoms in total. The number of H-pyrrole nitrogens is 1. The lowest BCUT2D eigenvalue weighted by Gasteiger charge is -2.04. The molecule has 0 saturated carbocycles. The minimum Gasteiger partial charge on any atom is -0.497 e. The first kappa shape index (κ1) is 14.5. The molecule has 114 valence electrons. The minimum atomic E-state index is -0.204. The van der Waals surface area contributed by atoms with Crippen molar-refractivity contribution in [1.82, 2.24) is 15.5 Å². The summed E-state index contributed by atoms with van der Waals surface area (Å²) < 4.78 is 18.3. The van der Waals surface area contributed by atoms with Crippen LogP contribution < -0.4 is 10.1 Å². The summed E-state index contributed by atoms with van der Waals surface area (Å²) in [6.07, 6.45) is 0.794. The average molecular weight is 299 g/mol. The Hall–Kier alpha value is -2.40. The van der Waals surface area contributed by atoms with Crippen molar-refractivity contribution in [3.63, 3.8) is 0 Å². The maximum atomic E-state index is 13.1. The Labute approximate surface area is 128 Å². The molecule has 0 unspecified atom stereocenters. The van der Waals surface area contributed by atoms with E-state index in [-0.39, 0.29) is 5.82 Å². The molecular weight excluding hydrogens is 281 g/mol. The second-order valence-electron chi connectivity index (χ2n) is 5.14. The highest BCUT2D eigenvalue weighted by atomic mass is 19.1. The van der Waals surface area contributed by atoms with Crippen LogP contribution in [0.5, 0.6) is 5.75 Å². The third-order valence-corrected chi connectivity index (χ3v) is 3.61. The van der Waals surface area contributed by atoms with Gasteiger partial charge in [0.05, 0.1) is 18.3 Å². The SMILES string of the molecule is COc1ccc2[nH]nc(CCNCc3cccc(F)c3)c2c1. The maximum absolute atomic E-state index is 13.1. The molecule has 0 atom stereocenters. The summed E-state index contributed by atoms with van der Waals surface area (Å²) in [5.41, 5.74) is 2.94. The first-order chi connectivity index (χ1) is 10.8. The first-order valence-corrected chi connectivity index (χ1v) is 7.22.